The highest BCUT2D eigenvalue weighted by Crippen LogP contribution is 2.28. The predicted octanol–water partition coefficient (Wildman–Crippen LogP) is 5.86. The molecule has 1 aliphatic carbocycles. The second kappa shape index (κ2) is 7.78. The molecule has 2 aromatic carbocycles. The number of aryl methyl sites for hydroxylation is 2. The normalized spacial score (nSPS) is 14.3. The number of hydrogen-bond donors (Lipinski definition) is 2. The van der Waals surface area contributed by atoms with Crippen LogP contribution in [0.4, 0.5) is 17.5 Å². The summed E-state index contributed by atoms with van der Waals surface area (Å²) in [4.78, 5) is 9.56. The molecule has 0 bridgehead atoms. The summed E-state index contributed by atoms with van der Waals surface area (Å²) in [5.74, 6) is 1.53. The molecule has 2 N–H and O–H groups in total. The summed E-state index contributed by atoms with van der Waals surface area (Å²) in [7, 11) is 0. The van der Waals surface area contributed by atoms with Crippen LogP contribution in [0.25, 0.3) is 11.3 Å². The van der Waals surface area contributed by atoms with Crippen molar-refractivity contribution in [1.82, 2.24) is 9.97 Å². The van der Waals surface area contributed by atoms with E-state index in [1.54, 1.807) is 0 Å². The fourth-order valence-corrected chi connectivity index (χ4v) is 3.73. The minimum atomic E-state index is 0.476. The van der Waals surface area contributed by atoms with Crippen LogP contribution in [-0.4, -0.2) is 16.0 Å². The van der Waals surface area contributed by atoms with Gasteiger partial charge >= 0.3 is 0 Å². The summed E-state index contributed by atoms with van der Waals surface area (Å²) in [6.07, 6.45) is 4.95. The molecule has 4 rings (SSSR count). The molecule has 0 radical (unpaired) electrons. The van der Waals surface area contributed by atoms with Crippen LogP contribution in [0.15, 0.2) is 54.6 Å². The Morgan fingerprint density at radius 2 is 1.56 bits per heavy atom. The van der Waals surface area contributed by atoms with Crippen LogP contribution in [0.2, 0.25) is 0 Å². The first kappa shape index (κ1) is 17.5. The third-order valence-corrected chi connectivity index (χ3v) is 5.22. The third kappa shape index (κ3) is 4.11. The third-order valence-electron chi connectivity index (χ3n) is 5.22. The smallest absolute Gasteiger partial charge is 0.225 e. The molecule has 1 fully saturated rings. The Labute approximate surface area is 161 Å². The molecule has 0 aliphatic heterocycles. The van der Waals surface area contributed by atoms with Crippen molar-refractivity contribution in [2.45, 2.75) is 45.6 Å². The van der Waals surface area contributed by atoms with Gasteiger partial charge in [0.15, 0.2) is 0 Å². The van der Waals surface area contributed by atoms with Gasteiger partial charge in [-0.15, -0.1) is 0 Å². The van der Waals surface area contributed by atoms with Crippen molar-refractivity contribution in [1.29, 1.82) is 0 Å². The van der Waals surface area contributed by atoms with Crippen LogP contribution < -0.4 is 10.6 Å². The van der Waals surface area contributed by atoms with E-state index in [0.717, 1.165) is 22.8 Å². The van der Waals surface area contributed by atoms with Gasteiger partial charge in [-0.2, -0.15) is 4.98 Å². The zero-order valence-electron chi connectivity index (χ0n) is 16.0. The van der Waals surface area contributed by atoms with Crippen LogP contribution in [0, 0.1) is 13.8 Å². The predicted molar refractivity (Wildman–Crippen MR) is 113 cm³/mol. The van der Waals surface area contributed by atoms with Crippen LogP contribution in [0.5, 0.6) is 0 Å². The monoisotopic (exact) mass is 358 g/mol. The van der Waals surface area contributed by atoms with Gasteiger partial charge in [0.2, 0.25) is 5.95 Å². The van der Waals surface area contributed by atoms with E-state index < -0.39 is 0 Å². The number of hydrogen-bond acceptors (Lipinski definition) is 4. The minimum absolute atomic E-state index is 0.476. The Hall–Kier alpha value is -2.88. The van der Waals surface area contributed by atoms with E-state index in [1.165, 1.54) is 36.8 Å². The Bertz CT molecular complexity index is 895. The first-order valence-electron chi connectivity index (χ1n) is 9.73. The lowest BCUT2D eigenvalue weighted by Crippen LogP contribution is -2.17. The maximum Gasteiger partial charge on any atom is 0.225 e. The van der Waals surface area contributed by atoms with Gasteiger partial charge in [0, 0.05) is 23.4 Å². The second-order valence-electron chi connectivity index (χ2n) is 7.35. The molecule has 1 saturated carbocycles. The molecule has 0 unspecified atom stereocenters. The van der Waals surface area contributed by atoms with E-state index in [2.05, 4.69) is 54.8 Å². The molecule has 4 heteroatoms. The number of para-hydroxylation sites is 1. The number of benzene rings is 2. The molecule has 4 nitrogen and oxygen atoms in total. The fraction of sp³-hybridized carbons (Fsp3) is 0.304. The molecule has 0 amide bonds. The van der Waals surface area contributed by atoms with Crippen molar-refractivity contribution >= 4 is 17.5 Å². The Kier molecular flexibility index (Phi) is 5.05. The topological polar surface area (TPSA) is 49.8 Å². The highest BCUT2D eigenvalue weighted by Gasteiger charge is 2.17. The fourth-order valence-electron chi connectivity index (χ4n) is 3.73. The first-order valence-corrected chi connectivity index (χ1v) is 9.73. The number of nitrogens with zero attached hydrogens (tertiary/aromatic N) is 2. The van der Waals surface area contributed by atoms with Crippen molar-refractivity contribution in [2.75, 3.05) is 10.6 Å². The van der Waals surface area contributed by atoms with Gasteiger partial charge in [-0.3, -0.25) is 0 Å². The van der Waals surface area contributed by atoms with Crippen LogP contribution in [-0.2, 0) is 0 Å². The molecule has 3 aromatic rings. The van der Waals surface area contributed by atoms with Gasteiger partial charge < -0.3 is 10.6 Å². The summed E-state index contributed by atoms with van der Waals surface area (Å²) >= 11 is 0. The molecule has 1 heterocycles. The van der Waals surface area contributed by atoms with Crippen molar-refractivity contribution in [3.05, 3.63) is 65.7 Å². The summed E-state index contributed by atoms with van der Waals surface area (Å²) in [5.41, 5.74) is 5.56. The number of aromatic nitrogens is 2. The first-order chi connectivity index (χ1) is 13.2. The minimum Gasteiger partial charge on any atom is -0.351 e. The van der Waals surface area contributed by atoms with E-state index in [4.69, 9.17) is 9.97 Å². The van der Waals surface area contributed by atoms with E-state index >= 15 is 0 Å². The van der Waals surface area contributed by atoms with Gasteiger partial charge in [-0.05, 0) is 37.8 Å². The maximum atomic E-state index is 4.79. The zero-order valence-corrected chi connectivity index (χ0v) is 16.0. The number of anilines is 3. The highest BCUT2D eigenvalue weighted by atomic mass is 15.2. The maximum absolute atomic E-state index is 4.79. The molecule has 0 spiro atoms. The van der Waals surface area contributed by atoms with E-state index in [0.29, 0.717) is 12.0 Å². The summed E-state index contributed by atoms with van der Waals surface area (Å²) in [6.45, 7) is 4.23. The largest absolute Gasteiger partial charge is 0.351 e. The molecule has 138 valence electrons. The van der Waals surface area contributed by atoms with Gasteiger partial charge in [0.25, 0.3) is 0 Å². The average molecular weight is 358 g/mol. The van der Waals surface area contributed by atoms with Crippen LogP contribution >= 0.6 is 0 Å². The lowest BCUT2D eigenvalue weighted by molar-refractivity contribution is 0.744. The second-order valence-corrected chi connectivity index (χ2v) is 7.35. The van der Waals surface area contributed by atoms with E-state index in [-0.39, 0.29) is 0 Å². The van der Waals surface area contributed by atoms with E-state index in [1.807, 2.05) is 24.3 Å². The molecule has 0 saturated heterocycles. The molecular weight excluding hydrogens is 332 g/mol. The summed E-state index contributed by atoms with van der Waals surface area (Å²) in [6, 6.07) is 19.1. The average Bonchev–Trinajstić information content (AvgIpc) is 3.18. The Morgan fingerprint density at radius 3 is 2.26 bits per heavy atom. The SMILES string of the molecule is Cc1cccc(C)c1Nc1cc(-c2ccccc2)nc(NC2CCCC2)n1. The van der Waals surface area contributed by atoms with Crippen LogP contribution in [0.1, 0.15) is 36.8 Å². The van der Waals surface area contributed by atoms with Gasteiger partial charge in [0.1, 0.15) is 5.82 Å². The van der Waals surface area contributed by atoms with Crippen molar-refractivity contribution in [3.63, 3.8) is 0 Å². The molecular formula is C23H26N4. The molecule has 0 atom stereocenters. The number of nitrogens with one attached hydrogen (secondary N) is 2. The lowest BCUT2D eigenvalue weighted by atomic mass is 10.1. The summed E-state index contributed by atoms with van der Waals surface area (Å²) in [5, 5.41) is 7.07. The lowest BCUT2D eigenvalue weighted by Gasteiger charge is -2.16. The Morgan fingerprint density at radius 1 is 0.852 bits per heavy atom. The molecule has 1 aromatic heterocycles. The molecule has 27 heavy (non-hydrogen) atoms. The van der Waals surface area contributed by atoms with Gasteiger partial charge in [-0.1, -0.05) is 61.4 Å². The standard InChI is InChI=1S/C23H26N4/c1-16-9-8-10-17(2)22(16)26-21-15-20(18-11-4-3-5-12-18)25-23(27-21)24-19-13-6-7-14-19/h3-5,8-12,15,19H,6-7,13-14H2,1-2H3,(H2,24,25,26,27). The van der Waals surface area contributed by atoms with Crippen LogP contribution in [0.3, 0.4) is 0 Å². The Balaban J connectivity index is 1.71. The van der Waals surface area contributed by atoms with Crippen molar-refractivity contribution in [3.8, 4) is 11.3 Å². The molecule has 1 aliphatic rings. The van der Waals surface area contributed by atoms with E-state index in [9.17, 15) is 0 Å². The zero-order chi connectivity index (χ0) is 18.6. The number of rotatable bonds is 5. The summed E-state index contributed by atoms with van der Waals surface area (Å²) < 4.78 is 0. The van der Waals surface area contributed by atoms with Crippen molar-refractivity contribution in [2.24, 2.45) is 0 Å². The quantitative estimate of drug-likeness (QED) is 0.600. The van der Waals surface area contributed by atoms with Crippen molar-refractivity contribution < 1.29 is 0 Å². The van der Waals surface area contributed by atoms with Gasteiger partial charge in [-0.25, -0.2) is 4.98 Å². The highest BCUT2D eigenvalue weighted by molar-refractivity contribution is 5.70. The van der Waals surface area contributed by atoms with Gasteiger partial charge in [0.05, 0.1) is 5.69 Å².